The van der Waals surface area contributed by atoms with Crippen LogP contribution in [0.2, 0.25) is 0 Å². The number of rotatable bonds is 10. The van der Waals surface area contributed by atoms with E-state index >= 15 is 0 Å². The van der Waals surface area contributed by atoms with Crippen LogP contribution in [-0.2, 0) is 4.79 Å². The van der Waals surface area contributed by atoms with Gasteiger partial charge in [0.05, 0.1) is 18.6 Å². The maximum absolute atomic E-state index is 12.9. The van der Waals surface area contributed by atoms with Crippen LogP contribution in [0, 0.1) is 0 Å². The zero-order valence-corrected chi connectivity index (χ0v) is 17.6. The minimum atomic E-state index is -0.612. The van der Waals surface area contributed by atoms with Crippen molar-refractivity contribution < 1.29 is 18.4 Å². The van der Waals surface area contributed by atoms with Gasteiger partial charge in [-0.15, -0.1) is 0 Å². The molecule has 2 atom stereocenters. The lowest BCUT2D eigenvalue weighted by Crippen LogP contribution is -2.49. The number of nitrogens with one attached hydrogen (secondary N) is 2. The Bertz CT molecular complexity index is 742. The van der Waals surface area contributed by atoms with Gasteiger partial charge in [-0.25, -0.2) is 0 Å². The summed E-state index contributed by atoms with van der Waals surface area (Å²) in [6.07, 6.45) is 9.18. The molecular formula is C21H29N3O4S. The number of furan rings is 2. The van der Waals surface area contributed by atoms with E-state index in [0.29, 0.717) is 13.0 Å². The summed E-state index contributed by atoms with van der Waals surface area (Å²) >= 11 is 1.64. The fraction of sp³-hybridized carbons (Fsp3) is 0.524. The molecular weight excluding hydrogens is 390 g/mol. The average molecular weight is 420 g/mol. The highest BCUT2D eigenvalue weighted by molar-refractivity contribution is 7.98. The lowest BCUT2D eigenvalue weighted by Gasteiger charge is -2.33. The summed E-state index contributed by atoms with van der Waals surface area (Å²) in [7, 11) is 0. The van der Waals surface area contributed by atoms with Gasteiger partial charge in [-0.2, -0.15) is 11.8 Å². The Balaban J connectivity index is 1.62. The van der Waals surface area contributed by atoms with E-state index in [-0.39, 0.29) is 23.6 Å². The molecule has 8 heteroatoms. The first-order valence-electron chi connectivity index (χ1n) is 10.1. The van der Waals surface area contributed by atoms with Crippen molar-refractivity contribution in [2.75, 3.05) is 31.6 Å². The Morgan fingerprint density at radius 3 is 2.55 bits per heavy atom. The van der Waals surface area contributed by atoms with E-state index in [2.05, 4.69) is 15.5 Å². The summed E-state index contributed by atoms with van der Waals surface area (Å²) in [5, 5.41) is 5.83. The van der Waals surface area contributed by atoms with E-state index in [9.17, 15) is 9.59 Å². The van der Waals surface area contributed by atoms with E-state index in [1.54, 1.807) is 30.2 Å². The van der Waals surface area contributed by atoms with E-state index in [0.717, 1.165) is 37.4 Å². The van der Waals surface area contributed by atoms with E-state index in [4.69, 9.17) is 8.83 Å². The molecule has 2 amide bonds. The summed E-state index contributed by atoms with van der Waals surface area (Å²) in [5.41, 5.74) is 0. The topological polar surface area (TPSA) is 87.7 Å². The summed E-state index contributed by atoms with van der Waals surface area (Å²) in [6.45, 7) is 2.43. The van der Waals surface area contributed by atoms with Crippen molar-refractivity contribution in [3.05, 3.63) is 48.3 Å². The normalized spacial score (nSPS) is 16.9. The Morgan fingerprint density at radius 2 is 1.90 bits per heavy atom. The number of amides is 2. The van der Waals surface area contributed by atoms with Crippen LogP contribution in [0.4, 0.5) is 0 Å². The molecule has 158 valence electrons. The molecule has 0 unspecified atom stereocenters. The third kappa shape index (κ3) is 6.14. The van der Waals surface area contributed by atoms with Gasteiger partial charge in [-0.1, -0.05) is 6.42 Å². The van der Waals surface area contributed by atoms with Crippen LogP contribution in [0.15, 0.2) is 45.6 Å². The number of likely N-dealkylation sites (tertiary alicyclic amines) is 1. The van der Waals surface area contributed by atoms with E-state index < -0.39 is 6.04 Å². The van der Waals surface area contributed by atoms with Gasteiger partial charge in [0.25, 0.3) is 5.91 Å². The number of hydrogen-bond acceptors (Lipinski definition) is 6. The lowest BCUT2D eigenvalue weighted by molar-refractivity contribution is -0.123. The smallest absolute Gasteiger partial charge is 0.287 e. The van der Waals surface area contributed by atoms with Crippen LogP contribution in [-0.4, -0.2) is 54.4 Å². The van der Waals surface area contributed by atoms with Crippen LogP contribution in [0.25, 0.3) is 0 Å². The predicted octanol–water partition coefficient (Wildman–Crippen LogP) is 3.07. The third-order valence-corrected chi connectivity index (χ3v) is 5.79. The van der Waals surface area contributed by atoms with E-state index in [1.165, 1.54) is 12.7 Å². The van der Waals surface area contributed by atoms with Crippen LogP contribution >= 0.6 is 11.8 Å². The van der Waals surface area contributed by atoms with Crippen LogP contribution in [0.3, 0.4) is 0 Å². The standard InChI is InChI=1S/C21H29N3O4S/c1-29-14-9-16(23-21(26)19-8-6-13-28-19)20(25)22-15-17(18-7-5-12-27-18)24-10-3-2-4-11-24/h5-8,12-13,16-17H,2-4,9-11,14-15H2,1H3,(H,22,25)(H,23,26)/t16-,17+/m0/s1. The molecule has 0 radical (unpaired) electrons. The minimum Gasteiger partial charge on any atom is -0.468 e. The first kappa shape index (κ1) is 21.5. The number of piperidine rings is 1. The second-order valence-corrected chi connectivity index (χ2v) is 8.14. The molecule has 0 aromatic carbocycles. The van der Waals surface area contributed by atoms with Crippen molar-refractivity contribution in [1.82, 2.24) is 15.5 Å². The van der Waals surface area contributed by atoms with Crippen LogP contribution < -0.4 is 10.6 Å². The summed E-state index contributed by atoms with van der Waals surface area (Å²) in [4.78, 5) is 27.6. The second kappa shape index (κ2) is 11.1. The SMILES string of the molecule is CSCC[C@H](NC(=O)c1ccco1)C(=O)NC[C@H](c1ccco1)N1CCCCC1. The van der Waals surface area contributed by atoms with Crippen molar-refractivity contribution in [3.8, 4) is 0 Å². The summed E-state index contributed by atoms with van der Waals surface area (Å²) in [6, 6.07) is 6.45. The lowest BCUT2D eigenvalue weighted by atomic mass is 10.1. The van der Waals surface area contributed by atoms with Crippen molar-refractivity contribution in [2.24, 2.45) is 0 Å². The number of thioether (sulfide) groups is 1. The molecule has 0 spiro atoms. The largest absolute Gasteiger partial charge is 0.468 e. The van der Waals surface area contributed by atoms with E-state index in [1.807, 2.05) is 18.4 Å². The quantitative estimate of drug-likeness (QED) is 0.615. The molecule has 29 heavy (non-hydrogen) atoms. The molecule has 3 rings (SSSR count). The number of carbonyl (C=O) groups is 2. The molecule has 0 saturated carbocycles. The molecule has 0 bridgehead atoms. The molecule has 1 saturated heterocycles. The maximum Gasteiger partial charge on any atom is 0.287 e. The second-order valence-electron chi connectivity index (χ2n) is 7.16. The molecule has 1 aliphatic heterocycles. The fourth-order valence-corrected chi connectivity index (χ4v) is 4.05. The van der Waals surface area contributed by atoms with Gasteiger partial charge in [-0.05, 0) is 68.6 Å². The highest BCUT2D eigenvalue weighted by Gasteiger charge is 2.27. The average Bonchev–Trinajstić information content (AvgIpc) is 3.46. The minimum absolute atomic E-state index is 0.00349. The first-order valence-corrected chi connectivity index (χ1v) is 11.5. The molecule has 0 aliphatic carbocycles. The Hall–Kier alpha value is -2.19. The zero-order valence-electron chi connectivity index (χ0n) is 16.8. The first-order chi connectivity index (χ1) is 14.2. The zero-order chi connectivity index (χ0) is 20.5. The Kier molecular flexibility index (Phi) is 8.25. The monoisotopic (exact) mass is 419 g/mol. The van der Waals surface area contributed by atoms with Gasteiger partial charge in [0.15, 0.2) is 5.76 Å². The van der Waals surface area contributed by atoms with Gasteiger partial charge < -0.3 is 19.5 Å². The predicted molar refractivity (Wildman–Crippen MR) is 113 cm³/mol. The van der Waals surface area contributed by atoms with Gasteiger partial charge in [-0.3, -0.25) is 14.5 Å². The van der Waals surface area contributed by atoms with Crippen LogP contribution in [0.5, 0.6) is 0 Å². The molecule has 3 heterocycles. The van der Waals surface area contributed by atoms with Gasteiger partial charge in [0.1, 0.15) is 11.8 Å². The molecule has 2 aromatic rings. The Morgan fingerprint density at radius 1 is 1.14 bits per heavy atom. The number of hydrogen-bond donors (Lipinski definition) is 2. The highest BCUT2D eigenvalue weighted by atomic mass is 32.2. The Labute approximate surface area is 175 Å². The van der Waals surface area contributed by atoms with Gasteiger partial charge in [0, 0.05) is 6.54 Å². The van der Waals surface area contributed by atoms with Crippen molar-refractivity contribution >= 4 is 23.6 Å². The summed E-state index contributed by atoms with van der Waals surface area (Å²) < 4.78 is 10.8. The summed E-state index contributed by atoms with van der Waals surface area (Å²) in [5.74, 6) is 1.26. The molecule has 7 nitrogen and oxygen atoms in total. The van der Waals surface area contributed by atoms with Crippen LogP contribution in [0.1, 0.15) is 48.0 Å². The third-order valence-electron chi connectivity index (χ3n) is 5.15. The molecule has 2 N–H and O–H groups in total. The van der Waals surface area contributed by atoms with Crippen molar-refractivity contribution in [2.45, 2.75) is 37.8 Å². The number of nitrogens with zero attached hydrogens (tertiary/aromatic N) is 1. The van der Waals surface area contributed by atoms with Crippen molar-refractivity contribution in [1.29, 1.82) is 0 Å². The highest BCUT2D eigenvalue weighted by Crippen LogP contribution is 2.24. The van der Waals surface area contributed by atoms with Crippen molar-refractivity contribution in [3.63, 3.8) is 0 Å². The molecule has 2 aromatic heterocycles. The number of carbonyl (C=O) groups excluding carboxylic acids is 2. The molecule has 1 fully saturated rings. The van der Waals surface area contributed by atoms with Gasteiger partial charge >= 0.3 is 0 Å². The van der Waals surface area contributed by atoms with Gasteiger partial charge in [0.2, 0.25) is 5.91 Å². The maximum atomic E-state index is 12.9. The molecule has 1 aliphatic rings. The fourth-order valence-electron chi connectivity index (χ4n) is 3.58.